The number of benzene rings is 1. The minimum atomic E-state index is -0.322. The van der Waals surface area contributed by atoms with Crippen LogP contribution in [-0.4, -0.2) is 29.7 Å². The average molecular weight is 453 g/mol. The van der Waals surface area contributed by atoms with Crippen LogP contribution in [0, 0.1) is 11.3 Å². The van der Waals surface area contributed by atoms with Crippen molar-refractivity contribution >= 4 is 28.2 Å². The number of nitriles is 1. The summed E-state index contributed by atoms with van der Waals surface area (Å²) in [6.07, 6.45) is 2.94. The molecule has 4 heterocycles. The fourth-order valence-corrected chi connectivity index (χ4v) is 4.52. The lowest BCUT2D eigenvalue weighted by Crippen LogP contribution is -2.25. The largest absolute Gasteiger partial charge is 0.364 e. The summed E-state index contributed by atoms with van der Waals surface area (Å²) in [5.74, 6) is 0.590. The van der Waals surface area contributed by atoms with Gasteiger partial charge in [0.25, 0.3) is 11.4 Å². The highest BCUT2D eigenvalue weighted by Gasteiger charge is 2.35. The van der Waals surface area contributed by atoms with Crippen molar-refractivity contribution in [1.82, 2.24) is 24.1 Å². The lowest BCUT2D eigenvalue weighted by Gasteiger charge is -2.17. The molecule has 1 atom stereocenters. The first-order chi connectivity index (χ1) is 15.2. The Morgan fingerprint density at radius 1 is 1.31 bits per heavy atom. The number of nitrogens with zero attached hydrogens (tertiary/aromatic N) is 6. The molecule has 5 rings (SSSR count). The highest BCUT2D eigenvalue weighted by atomic mass is 35.5. The van der Waals surface area contributed by atoms with Gasteiger partial charge in [-0.15, -0.1) is 0 Å². The highest BCUT2D eigenvalue weighted by Crippen LogP contribution is 2.38. The van der Waals surface area contributed by atoms with E-state index >= 15 is 0 Å². The van der Waals surface area contributed by atoms with Gasteiger partial charge >= 0.3 is 0 Å². The van der Waals surface area contributed by atoms with Gasteiger partial charge in [0.15, 0.2) is 5.69 Å². The number of aromatic nitrogens is 5. The Hall–Kier alpha value is -3.22. The zero-order chi connectivity index (χ0) is 22.8. The van der Waals surface area contributed by atoms with Crippen molar-refractivity contribution in [2.45, 2.75) is 58.3 Å². The molecule has 1 aliphatic rings. The third kappa shape index (κ3) is 3.02. The molecule has 0 spiro atoms. The van der Waals surface area contributed by atoms with Gasteiger partial charge in [-0.3, -0.25) is 9.20 Å². The molecule has 1 saturated heterocycles. The van der Waals surface area contributed by atoms with Crippen molar-refractivity contribution in [3.63, 3.8) is 0 Å². The second-order valence-electron chi connectivity index (χ2n) is 8.85. The monoisotopic (exact) mass is 452 g/mol. The molecule has 1 aliphatic heterocycles. The van der Waals surface area contributed by atoms with Crippen molar-refractivity contribution in [1.29, 1.82) is 5.26 Å². The van der Waals surface area contributed by atoms with Crippen LogP contribution < -0.4 is 5.56 Å². The zero-order valence-corrected chi connectivity index (χ0v) is 18.8. The van der Waals surface area contributed by atoms with E-state index < -0.39 is 0 Å². The van der Waals surface area contributed by atoms with Crippen LogP contribution in [0.25, 0.3) is 28.1 Å². The maximum absolute atomic E-state index is 13.6. The number of hydrogen-bond acceptors (Lipinski definition) is 7. The van der Waals surface area contributed by atoms with E-state index in [1.807, 2.05) is 27.7 Å². The predicted octanol–water partition coefficient (Wildman–Crippen LogP) is 4.44. The molecule has 164 valence electrons. The normalized spacial score (nSPS) is 18.1. The molecule has 1 aromatic carbocycles. The molecule has 10 heteroatoms. The van der Waals surface area contributed by atoms with Crippen molar-refractivity contribution in [2.75, 3.05) is 0 Å². The van der Waals surface area contributed by atoms with Gasteiger partial charge in [0.2, 0.25) is 5.82 Å². The summed E-state index contributed by atoms with van der Waals surface area (Å²) in [6, 6.07) is 5.31. The third-order valence-corrected chi connectivity index (χ3v) is 6.14. The topological polar surface area (TPSA) is 111 Å². The minimum absolute atomic E-state index is 0.150. The molecule has 0 bridgehead atoms. The summed E-state index contributed by atoms with van der Waals surface area (Å²) in [6.45, 7) is 7.80. The maximum atomic E-state index is 13.6. The first-order valence-electron chi connectivity index (χ1n) is 10.4. The van der Waals surface area contributed by atoms with Crippen LogP contribution in [-0.2, 0) is 4.74 Å². The third-order valence-electron chi connectivity index (χ3n) is 5.83. The molecule has 4 aromatic rings. The predicted molar refractivity (Wildman–Crippen MR) is 117 cm³/mol. The van der Waals surface area contributed by atoms with Crippen molar-refractivity contribution in [3.8, 4) is 17.7 Å². The lowest BCUT2D eigenvalue weighted by atomic mass is 10.1. The van der Waals surface area contributed by atoms with Crippen LogP contribution in [0.3, 0.4) is 0 Å². The minimum Gasteiger partial charge on any atom is -0.364 e. The fraction of sp³-hybridized carbons (Fsp3) is 0.409. The van der Waals surface area contributed by atoms with Gasteiger partial charge in [0.1, 0.15) is 24.0 Å². The summed E-state index contributed by atoms with van der Waals surface area (Å²) >= 11 is 6.26. The van der Waals surface area contributed by atoms with E-state index in [1.54, 1.807) is 21.1 Å². The highest BCUT2D eigenvalue weighted by molar-refractivity contribution is 6.32. The standard InChI is InChI=1S/C22H21ClN6O3/c1-11(2)29-17-12(9-24)13(23)5-6-14(17)28-10-25-16(18(28)21(29)30)20-26-19(27-32-20)15-7-8-22(3,4)31-15/h5-6,10-11,15H,7-8H2,1-4H3. The molecule has 0 radical (unpaired) electrons. The molecule has 3 aromatic heterocycles. The summed E-state index contributed by atoms with van der Waals surface area (Å²) in [5.41, 5.74) is 1.36. The van der Waals surface area contributed by atoms with Crippen LogP contribution >= 0.6 is 11.6 Å². The van der Waals surface area contributed by atoms with Gasteiger partial charge in [0.05, 0.1) is 27.2 Å². The number of halogens is 1. The van der Waals surface area contributed by atoms with Crippen LogP contribution in [0.2, 0.25) is 5.02 Å². The summed E-state index contributed by atoms with van der Waals surface area (Å²) in [5, 5.41) is 14.1. The fourth-order valence-electron chi connectivity index (χ4n) is 4.33. The lowest BCUT2D eigenvalue weighted by molar-refractivity contribution is -0.0207. The molecule has 0 saturated carbocycles. The Morgan fingerprint density at radius 2 is 2.09 bits per heavy atom. The summed E-state index contributed by atoms with van der Waals surface area (Å²) < 4.78 is 14.7. The van der Waals surface area contributed by atoms with E-state index in [0.29, 0.717) is 22.4 Å². The first kappa shape index (κ1) is 20.7. The van der Waals surface area contributed by atoms with Gasteiger partial charge in [-0.05, 0) is 52.7 Å². The molecule has 0 amide bonds. The van der Waals surface area contributed by atoms with E-state index in [0.717, 1.165) is 12.8 Å². The molecule has 0 aliphatic carbocycles. The maximum Gasteiger partial charge on any atom is 0.279 e. The smallest absolute Gasteiger partial charge is 0.279 e. The number of fused-ring (bicyclic) bond motifs is 3. The Bertz CT molecular complexity index is 1470. The molecular formula is C22H21ClN6O3. The van der Waals surface area contributed by atoms with Gasteiger partial charge in [-0.2, -0.15) is 10.2 Å². The van der Waals surface area contributed by atoms with Crippen LogP contribution in [0.5, 0.6) is 0 Å². The van der Waals surface area contributed by atoms with Gasteiger partial charge in [0, 0.05) is 6.04 Å². The molecule has 1 unspecified atom stereocenters. The van der Waals surface area contributed by atoms with Gasteiger partial charge < -0.3 is 13.8 Å². The van der Waals surface area contributed by atoms with E-state index in [2.05, 4.69) is 21.2 Å². The first-order valence-corrected chi connectivity index (χ1v) is 10.8. The Kier molecular flexibility index (Phi) is 4.62. The average Bonchev–Trinajstić information content (AvgIpc) is 3.45. The second-order valence-corrected chi connectivity index (χ2v) is 9.25. The van der Waals surface area contributed by atoms with E-state index in [4.69, 9.17) is 20.9 Å². The van der Waals surface area contributed by atoms with Crippen molar-refractivity contribution in [2.24, 2.45) is 0 Å². The van der Waals surface area contributed by atoms with Crippen LogP contribution in [0.1, 0.15) is 64.1 Å². The quantitative estimate of drug-likeness (QED) is 0.451. The molecule has 0 N–H and O–H groups in total. The molecule has 1 fully saturated rings. The Morgan fingerprint density at radius 3 is 2.75 bits per heavy atom. The van der Waals surface area contributed by atoms with Crippen LogP contribution in [0.4, 0.5) is 0 Å². The van der Waals surface area contributed by atoms with Crippen molar-refractivity contribution in [3.05, 3.63) is 45.2 Å². The molecular weight excluding hydrogens is 432 g/mol. The number of rotatable bonds is 3. The second kappa shape index (κ2) is 7.15. The summed E-state index contributed by atoms with van der Waals surface area (Å²) in [4.78, 5) is 22.5. The molecule has 32 heavy (non-hydrogen) atoms. The van der Waals surface area contributed by atoms with E-state index in [-0.39, 0.29) is 45.5 Å². The van der Waals surface area contributed by atoms with Gasteiger partial charge in [-0.25, -0.2) is 4.98 Å². The SMILES string of the molecule is CC(C)n1c(=O)c2c(-c3nc(C4CCC(C)(C)O4)no3)ncn2c2ccc(Cl)c(C#N)c21. The van der Waals surface area contributed by atoms with Crippen molar-refractivity contribution < 1.29 is 9.26 Å². The Labute approximate surface area is 188 Å². The number of hydrogen-bond donors (Lipinski definition) is 0. The van der Waals surface area contributed by atoms with E-state index in [9.17, 15) is 10.1 Å². The number of ether oxygens (including phenoxy) is 1. The molecule has 9 nitrogen and oxygen atoms in total. The Balaban J connectivity index is 1.74. The van der Waals surface area contributed by atoms with E-state index in [1.165, 1.54) is 6.33 Å². The van der Waals surface area contributed by atoms with Crippen LogP contribution in [0.15, 0.2) is 27.8 Å². The van der Waals surface area contributed by atoms with Gasteiger partial charge in [-0.1, -0.05) is 16.8 Å². The zero-order valence-electron chi connectivity index (χ0n) is 18.1. The summed E-state index contributed by atoms with van der Waals surface area (Å²) in [7, 11) is 0. The number of imidazole rings is 1.